The van der Waals surface area contributed by atoms with E-state index < -0.39 is 0 Å². The molecular weight excluding hydrogens is 376 g/mol. The van der Waals surface area contributed by atoms with Crippen molar-refractivity contribution in [3.05, 3.63) is 71.5 Å². The van der Waals surface area contributed by atoms with E-state index in [1.54, 1.807) is 13.4 Å². The van der Waals surface area contributed by atoms with Gasteiger partial charge in [-0.05, 0) is 41.7 Å². The molecule has 0 bridgehead atoms. The molecule has 7 heteroatoms. The largest absolute Gasteiger partial charge is 0.497 e. The summed E-state index contributed by atoms with van der Waals surface area (Å²) in [7, 11) is 1.68. The van der Waals surface area contributed by atoms with Gasteiger partial charge in [0.2, 0.25) is 5.95 Å². The first-order chi connectivity index (χ1) is 14.8. The predicted molar refractivity (Wildman–Crippen MR) is 118 cm³/mol. The summed E-state index contributed by atoms with van der Waals surface area (Å²) in [4.78, 5) is 19.3. The van der Waals surface area contributed by atoms with Crippen LogP contribution in [-0.2, 0) is 19.4 Å². The van der Waals surface area contributed by atoms with Crippen molar-refractivity contribution in [2.75, 3.05) is 30.4 Å². The van der Waals surface area contributed by atoms with Gasteiger partial charge in [-0.3, -0.25) is 0 Å². The van der Waals surface area contributed by atoms with E-state index in [4.69, 9.17) is 14.7 Å². The predicted octanol–water partition coefficient (Wildman–Crippen LogP) is 3.58. The zero-order chi connectivity index (χ0) is 20.3. The number of nitrogens with one attached hydrogen (secondary N) is 2. The lowest BCUT2D eigenvalue weighted by molar-refractivity contribution is 0.414. The van der Waals surface area contributed by atoms with Crippen molar-refractivity contribution in [2.45, 2.75) is 19.4 Å². The molecule has 1 aliphatic rings. The molecule has 2 N–H and O–H groups in total. The highest BCUT2D eigenvalue weighted by molar-refractivity contribution is 5.83. The fraction of sp³-hybridized carbons (Fsp3) is 0.261. The molecule has 5 rings (SSSR count). The molecule has 30 heavy (non-hydrogen) atoms. The minimum Gasteiger partial charge on any atom is -0.497 e. The lowest BCUT2D eigenvalue weighted by atomic mass is 10.0. The number of nitrogens with zero attached hydrogens (tertiary/aromatic N) is 4. The topological polar surface area (TPSA) is 79.0 Å². The van der Waals surface area contributed by atoms with Crippen LogP contribution in [0.15, 0.2) is 54.9 Å². The Hall–Kier alpha value is -3.61. The summed E-state index contributed by atoms with van der Waals surface area (Å²) < 4.78 is 5.23. The summed E-state index contributed by atoms with van der Waals surface area (Å²) in [6, 6.07) is 16.7. The number of H-pyrrole nitrogens is 1. The van der Waals surface area contributed by atoms with Crippen molar-refractivity contribution in [1.29, 1.82) is 0 Å². The Kier molecular flexibility index (Phi) is 4.93. The van der Waals surface area contributed by atoms with Gasteiger partial charge in [0.15, 0.2) is 11.5 Å². The number of aromatic amines is 1. The Labute approximate surface area is 175 Å². The van der Waals surface area contributed by atoms with Gasteiger partial charge in [0.05, 0.1) is 13.4 Å². The molecule has 0 saturated carbocycles. The summed E-state index contributed by atoms with van der Waals surface area (Å²) in [5, 5.41) is 3.47. The van der Waals surface area contributed by atoms with Gasteiger partial charge in [0, 0.05) is 19.6 Å². The number of benzene rings is 2. The highest BCUT2D eigenvalue weighted by atomic mass is 16.5. The molecule has 0 amide bonds. The lowest BCUT2D eigenvalue weighted by Crippen LogP contribution is -2.32. The van der Waals surface area contributed by atoms with Gasteiger partial charge in [-0.15, -0.1) is 0 Å². The molecule has 0 saturated heterocycles. The first-order valence-corrected chi connectivity index (χ1v) is 10.2. The van der Waals surface area contributed by atoms with E-state index >= 15 is 0 Å². The molecule has 7 nitrogen and oxygen atoms in total. The van der Waals surface area contributed by atoms with Crippen molar-refractivity contribution < 1.29 is 4.74 Å². The smallest absolute Gasteiger partial charge is 0.229 e. The molecule has 0 atom stereocenters. The second kappa shape index (κ2) is 8.02. The van der Waals surface area contributed by atoms with Gasteiger partial charge in [-0.1, -0.05) is 36.4 Å². The van der Waals surface area contributed by atoms with Crippen molar-refractivity contribution in [3.8, 4) is 5.75 Å². The van der Waals surface area contributed by atoms with Crippen LogP contribution < -0.4 is 15.0 Å². The molecule has 0 unspecified atom stereocenters. The molecule has 0 spiro atoms. The van der Waals surface area contributed by atoms with E-state index in [1.165, 1.54) is 16.7 Å². The third kappa shape index (κ3) is 3.66. The van der Waals surface area contributed by atoms with Crippen LogP contribution >= 0.6 is 0 Å². The highest BCUT2D eigenvalue weighted by Crippen LogP contribution is 2.25. The van der Waals surface area contributed by atoms with Gasteiger partial charge >= 0.3 is 0 Å². The molecule has 152 valence electrons. The summed E-state index contributed by atoms with van der Waals surface area (Å²) in [6.45, 7) is 2.48. The summed E-state index contributed by atoms with van der Waals surface area (Å²) >= 11 is 0. The van der Waals surface area contributed by atoms with Crippen LogP contribution in [-0.4, -0.2) is 40.1 Å². The van der Waals surface area contributed by atoms with Gasteiger partial charge in [0.25, 0.3) is 0 Å². The number of ether oxygens (including phenoxy) is 1. The number of methoxy groups -OCH3 is 1. The number of anilines is 2. The Morgan fingerprint density at radius 3 is 2.73 bits per heavy atom. The van der Waals surface area contributed by atoms with Gasteiger partial charge in [-0.2, -0.15) is 9.97 Å². The number of imidazole rings is 1. The summed E-state index contributed by atoms with van der Waals surface area (Å²) in [5.41, 5.74) is 5.51. The molecule has 4 aromatic rings. The van der Waals surface area contributed by atoms with Crippen LogP contribution in [0, 0.1) is 0 Å². The maximum atomic E-state index is 5.23. The maximum Gasteiger partial charge on any atom is 0.229 e. The van der Waals surface area contributed by atoms with E-state index in [9.17, 15) is 0 Å². The molecule has 0 fully saturated rings. The molecule has 2 aromatic heterocycles. The molecule has 2 aromatic carbocycles. The highest BCUT2D eigenvalue weighted by Gasteiger charge is 2.20. The average Bonchev–Trinajstić information content (AvgIpc) is 3.28. The van der Waals surface area contributed by atoms with Crippen LogP contribution in [0.3, 0.4) is 0 Å². The molecule has 0 radical (unpaired) electrons. The zero-order valence-electron chi connectivity index (χ0n) is 16.9. The van der Waals surface area contributed by atoms with Crippen molar-refractivity contribution >= 4 is 22.9 Å². The van der Waals surface area contributed by atoms with Gasteiger partial charge in [-0.25, -0.2) is 4.98 Å². The third-order valence-electron chi connectivity index (χ3n) is 5.55. The fourth-order valence-electron chi connectivity index (χ4n) is 3.87. The second-order valence-electron chi connectivity index (χ2n) is 7.44. The summed E-state index contributed by atoms with van der Waals surface area (Å²) in [6.07, 6.45) is 3.55. The van der Waals surface area contributed by atoms with Crippen LogP contribution in [0.1, 0.15) is 16.7 Å². The number of hydrogen-bond acceptors (Lipinski definition) is 6. The fourth-order valence-corrected chi connectivity index (χ4v) is 3.87. The van der Waals surface area contributed by atoms with E-state index in [0.29, 0.717) is 5.65 Å². The van der Waals surface area contributed by atoms with E-state index in [-0.39, 0.29) is 0 Å². The molecular formula is C23H24N6O. The van der Waals surface area contributed by atoms with Crippen LogP contribution in [0.5, 0.6) is 5.75 Å². The Bertz CT molecular complexity index is 1150. The zero-order valence-corrected chi connectivity index (χ0v) is 16.9. The molecule has 1 aliphatic heterocycles. The Balaban J connectivity index is 1.34. The van der Waals surface area contributed by atoms with Crippen LogP contribution in [0.2, 0.25) is 0 Å². The number of fused-ring (bicyclic) bond motifs is 2. The quantitative estimate of drug-likeness (QED) is 0.515. The number of hydrogen-bond donors (Lipinski definition) is 2. The first kappa shape index (κ1) is 18.4. The van der Waals surface area contributed by atoms with Gasteiger partial charge < -0.3 is 19.9 Å². The second-order valence-corrected chi connectivity index (χ2v) is 7.44. The van der Waals surface area contributed by atoms with E-state index in [2.05, 4.69) is 56.6 Å². The number of aromatic nitrogens is 4. The Morgan fingerprint density at radius 1 is 1.07 bits per heavy atom. The average molecular weight is 400 g/mol. The first-order valence-electron chi connectivity index (χ1n) is 10.2. The minimum atomic E-state index is 0.686. The molecule has 0 aliphatic carbocycles. The maximum absolute atomic E-state index is 5.23. The van der Waals surface area contributed by atoms with Crippen LogP contribution in [0.4, 0.5) is 11.8 Å². The minimum absolute atomic E-state index is 0.686. The monoisotopic (exact) mass is 400 g/mol. The normalized spacial score (nSPS) is 13.3. The number of rotatable bonds is 6. The lowest BCUT2D eigenvalue weighted by Gasteiger charge is -2.29. The van der Waals surface area contributed by atoms with Crippen molar-refractivity contribution in [1.82, 2.24) is 19.9 Å². The van der Waals surface area contributed by atoms with Gasteiger partial charge in [0.1, 0.15) is 11.3 Å². The van der Waals surface area contributed by atoms with E-state index in [1.807, 2.05) is 12.1 Å². The Morgan fingerprint density at radius 2 is 1.90 bits per heavy atom. The molecule has 3 heterocycles. The van der Waals surface area contributed by atoms with Crippen molar-refractivity contribution in [3.63, 3.8) is 0 Å². The van der Waals surface area contributed by atoms with E-state index in [0.717, 1.165) is 55.5 Å². The SMILES string of the molecule is COc1ccc(CCNc2nc(N3CCc4ccccc4C3)nc3nc[nH]c23)cc1. The van der Waals surface area contributed by atoms with Crippen LogP contribution in [0.25, 0.3) is 11.2 Å². The third-order valence-corrected chi connectivity index (χ3v) is 5.55. The standard InChI is InChI=1S/C23H24N6O/c1-30-19-8-6-16(7-9-19)10-12-24-21-20-22(26-15-25-20)28-23(27-21)29-13-11-17-4-2-3-5-18(17)14-29/h2-9,15H,10-14H2,1H3,(H2,24,25,26,27,28). The summed E-state index contributed by atoms with van der Waals surface area (Å²) in [5.74, 6) is 2.38. The van der Waals surface area contributed by atoms with Crippen molar-refractivity contribution in [2.24, 2.45) is 0 Å².